The molecular weight excluding hydrogens is 436 g/mol. The summed E-state index contributed by atoms with van der Waals surface area (Å²) in [4.78, 5) is 38.5. The number of nitrogens with zero attached hydrogens (tertiary/aromatic N) is 4. The van der Waals surface area contributed by atoms with Gasteiger partial charge in [-0.1, -0.05) is 0 Å². The number of esters is 1. The molecule has 13 heteroatoms. The number of hydrogen-bond acceptors (Lipinski definition) is 8. The van der Waals surface area contributed by atoms with Gasteiger partial charge in [0.2, 0.25) is 0 Å². The number of pyridine rings is 2. The van der Waals surface area contributed by atoms with Crippen molar-refractivity contribution >= 4 is 17.7 Å². The second kappa shape index (κ2) is 9.32. The third-order valence-electron chi connectivity index (χ3n) is 3.88. The van der Waals surface area contributed by atoms with E-state index in [-0.39, 0.29) is 35.1 Å². The van der Waals surface area contributed by atoms with E-state index in [1.807, 2.05) is 0 Å². The third kappa shape index (κ3) is 5.71. The van der Waals surface area contributed by atoms with E-state index in [9.17, 15) is 27.2 Å². The van der Waals surface area contributed by atoms with Gasteiger partial charge >= 0.3 is 12.1 Å². The lowest BCUT2D eigenvalue weighted by Gasteiger charge is -2.11. The molecule has 9 nitrogen and oxygen atoms in total. The molecule has 0 aliphatic rings. The summed E-state index contributed by atoms with van der Waals surface area (Å²) in [5.41, 5.74) is 3.40. The number of alkyl halides is 3. The fourth-order valence-corrected chi connectivity index (χ4v) is 2.42. The number of rotatable bonds is 7. The summed E-state index contributed by atoms with van der Waals surface area (Å²) >= 11 is 0. The SMILES string of the molecule is NC(=O)COC(=O)c1cc(NCc2ncccc2F)nc(-c2cncc(C(F)(F)F)c2)n1. The van der Waals surface area contributed by atoms with Crippen LogP contribution >= 0.6 is 0 Å². The van der Waals surface area contributed by atoms with E-state index in [0.29, 0.717) is 6.20 Å². The molecule has 0 saturated heterocycles. The maximum absolute atomic E-state index is 13.8. The van der Waals surface area contributed by atoms with Gasteiger partial charge in [-0.25, -0.2) is 19.2 Å². The van der Waals surface area contributed by atoms with Crippen LogP contribution in [-0.2, 0) is 22.3 Å². The van der Waals surface area contributed by atoms with Gasteiger partial charge in [0.15, 0.2) is 18.1 Å². The predicted molar refractivity (Wildman–Crippen MR) is 101 cm³/mol. The Morgan fingerprint density at radius 3 is 2.62 bits per heavy atom. The number of halogens is 4. The number of aromatic nitrogens is 4. The van der Waals surface area contributed by atoms with Crippen LogP contribution in [0.15, 0.2) is 42.9 Å². The van der Waals surface area contributed by atoms with Crippen LogP contribution in [0.25, 0.3) is 11.4 Å². The first-order valence-electron chi connectivity index (χ1n) is 8.84. The maximum atomic E-state index is 13.8. The number of carbonyl (C=O) groups excluding carboxylic acids is 2. The first-order valence-corrected chi connectivity index (χ1v) is 8.84. The van der Waals surface area contributed by atoms with Gasteiger partial charge in [0.25, 0.3) is 5.91 Å². The van der Waals surface area contributed by atoms with Crippen LogP contribution in [0.5, 0.6) is 0 Å². The molecule has 0 aliphatic heterocycles. The Labute approximate surface area is 177 Å². The van der Waals surface area contributed by atoms with E-state index >= 15 is 0 Å². The van der Waals surface area contributed by atoms with Crippen molar-refractivity contribution in [1.82, 2.24) is 19.9 Å². The van der Waals surface area contributed by atoms with E-state index in [1.54, 1.807) is 0 Å². The molecule has 0 radical (unpaired) electrons. The van der Waals surface area contributed by atoms with Crippen LogP contribution < -0.4 is 11.1 Å². The molecule has 0 aromatic carbocycles. The average Bonchev–Trinajstić information content (AvgIpc) is 2.76. The predicted octanol–water partition coefficient (Wildman–Crippen LogP) is 2.35. The molecule has 3 aromatic rings. The van der Waals surface area contributed by atoms with Gasteiger partial charge in [0.1, 0.15) is 11.6 Å². The average molecular weight is 450 g/mol. The Morgan fingerprint density at radius 2 is 1.94 bits per heavy atom. The number of nitrogens with two attached hydrogens (primary N) is 1. The molecule has 1 amide bonds. The first-order chi connectivity index (χ1) is 15.1. The fraction of sp³-hybridized carbons (Fsp3) is 0.158. The van der Waals surface area contributed by atoms with Crippen molar-refractivity contribution in [2.24, 2.45) is 5.73 Å². The van der Waals surface area contributed by atoms with Gasteiger partial charge in [-0.05, 0) is 18.2 Å². The van der Waals surface area contributed by atoms with Crippen LogP contribution in [0.4, 0.5) is 23.4 Å². The smallest absolute Gasteiger partial charge is 0.417 e. The molecule has 0 spiro atoms. The van der Waals surface area contributed by atoms with Crippen LogP contribution in [0.2, 0.25) is 0 Å². The molecule has 0 bridgehead atoms. The summed E-state index contributed by atoms with van der Waals surface area (Å²) in [5.74, 6) is -2.92. The van der Waals surface area contributed by atoms with Gasteiger partial charge in [-0.3, -0.25) is 14.8 Å². The Balaban J connectivity index is 1.97. The summed E-state index contributed by atoms with van der Waals surface area (Å²) < 4.78 is 57.6. The van der Waals surface area contributed by atoms with Crippen molar-refractivity contribution < 1.29 is 31.9 Å². The van der Waals surface area contributed by atoms with E-state index in [4.69, 9.17) is 10.5 Å². The Bertz CT molecular complexity index is 1160. The normalized spacial score (nSPS) is 11.1. The zero-order valence-electron chi connectivity index (χ0n) is 16.1. The highest BCUT2D eigenvalue weighted by Crippen LogP contribution is 2.31. The summed E-state index contributed by atoms with van der Waals surface area (Å²) in [6.45, 7) is -0.884. The number of nitrogens with one attached hydrogen (secondary N) is 1. The number of ether oxygens (including phenoxy) is 1. The highest BCUT2D eigenvalue weighted by molar-refractivity contribution is 5.90. The number of amides is 1. The van der Waals surface area contributed by atoms with E-state index in [1.165, 1.54) is 18.3 Å². The summed E-state index contributed by atoms with van der Waals surface area (Å²) in [7, 11) is 0. The molecule has 3 rings (SSSR count). The largest absolute Gasteiger partial charge is 0.451 e. The highest BCUT2D eigenvalue weighted by atomic mass is 19.4. The molecule has 3 aromatic heterocycles. The summed E-state index contributed by atoms with van der Waals surface area (Å²) in [6, 6.07) is 4.46. The lowest BCUT2D eigenvalue weighted by atomic mass is 10.2. The maximum Gasteiger partial charge on any atom is 0.417 e. The molecule has 3 N–H and O–H groups in total. The zero-order valence-corrected chi connectivity index (χ0v) is 16.1. The minimum absolute atomic E-state index is 0.0336. The Kier molecular flexibility index (Phi) is 6.56. The zero-order chi connectivity index (χ0) is 23.3. The van der Waals surface area contributed by atoms with Crippen LogP contribution in [0, 0.1) is 5.82 Å². The minimum atomic E-state index is -4.67. The monoisotopic (exact) mass is 450 g/mol. The van der Waals surface area contributed by atoms with Crippen molar-refractivity contribution in [1.29, 1.82) is 0 Å². The van der Waals surface area contributed by atoms with Crippen LogP contribution in [0.3, 0.4) is 0 Å². The van der Waals surface area contributed by atoms with Crippen LogP contribution in [0.1, 0.15) is 21.7 Å². The Morgan fingerprint density at radius 1 is 1.16 bits per heavy atom. The van der Waals surface area contributed by atoms with Crippen molar-refractivity contribution in [2.45, 2.75) is 12.7 Å². The fourth-order valence-electron chi connectivity index (χ4n) is 2.42. The second-order valence-electron chi connectivity index (χ2n) is 6.25. The molecule has 166 valence electrons. The summed E-state index contributed by atoms with van der Waals surface area (Å²) in [5, 5.41) is 2.72. The topological polar surface area (TPSA) is 133 Å². The number of hydrogen-bond donors (Lipinski definition) is 2. The molecule has 0 unspecified atom stereocenters. The Hall–Kier alpha value is -4.16. The van der Waals surface area contributed by atoms with Crippen molar-refractivity contribution in [3.05, 3.63) is 65.6 Å². The van der Waals surface area contributed by atoms with Gasteiger partial charge < -0.3 is 15.8 Å². The lowest BCUT2D eigenvalue weighted by Crippen LogP contribution is -2.21. The quantitative estimate of drug-likeness (QED) is 0.414. The molecular formula is C19H14F4N6O3. The van der Waals surface area contributed by atoms with Crippen molar-refractivity contribution in [3.63, 3.8) is 0 Å². The molecule has 0 atom stereocenters. The van der Waals surface area contributed by atoms with Crippen LogP contribution in [-0.4, -0.2) is 38.4 Å². The molecule has 0 aliphatic carbocycles. The standard InChI is InChI=1S/C19H14F4N6O3/c20-12-2-1-3-26-14(12)8-27-16-5-13(18(31)32-9-15(24)30)28-17(29-16)10-4-11(7-25-6-10)19(21,22)23/h1-7H,8-9H2,(H2,24,30)(H,27,28,29). The first kappa shape index (κ1) is 22.5. The minimum Gasteiger partial charge on any atom is -0.451 e. The van der Waals surface area contributed by atoms with Gasteiger partial charge in [0, 0.05) is 30.2 Å². The van der Waals surface area contributed by atoms with E-state index in [0.717, 1.165) is 18.3 Å². The molecule has 0 fully saturated rings. The molecule has 0 saturated carbocycles. The number of primary amides is 1. The highest BCUT2D eigenvalue weighted by Gasteiger charge is 2.31. The summed E-state index contributed by atoms with van der Waals surface area (Å²) in [6.07, 6.45) is -1.60. The van der Waals surface area contributed by atoms with Gasteiger partial charge in [0.05, 0.1) is 17.8 Å². The molecule has 3 heterocycles. The van der Waals surface area contributed by atoms with E-state index < -0.39 is 36.0 Å². The molecule has 32 heavy (non-hydrogen) atoms. The van der Waals surface area contributed by atoms with E-state index in [2.05, 4.69) is 25.3 Å². The van der Waals surface area contributed by atoms with Gasteiger partial charge in [-0.15, -0.1) is 0 Å². The van der Waals surface area contributed by atoms with Crippen molar-refractivity contribution in [2.75, 3.05) is 11.9 Å². The lowest BCUT2D eigenvalue weighted by molar-refractivity contribution is -0.137. The third-order valence-corrected chi connectivity index (χ3v) is 3.88. The van der Waals surface area contributed by atoms with Crippen molar-refractivity contribution in [3.8, 4) is 11.4 Å². The number of carbonyl (C=O) groups is 2. The van der Waals surface area contributed by atoms with Gasteiger partial charge in [-0.2, -0.15) is 13.2 Å². The second-order valence-corrected chi connectivity index (χ2v) is 6.25. The number of anilines is 1.